The fraction of sp³-hybridized carbons (Fsp3) is 1.00. The molecule has 0 saturated carbocycles. The first-order valence-electron chi connectivity index (χ1n) is 6.62. The normalized spacial score (nSPS) is 15.0. The van der Waals surface area contributed by atoms with Crippen LogP contribution in [0.4, 0.5) is 0 Å². The number of unbranched alkanes of at least 4 members (excludes halogenated alkanes) is 2. The maximum Gasteiger partial charge on any atom is 0.0610 e. The van der Waals surface area contributed by atoms with Crippen LogP contribution in [0.15, 0.2) is 0 Å². The van der Waals surface area contributed by atoms with E-state index in [4.69, 9.17) is 4.74 Å². The second-order valence-corrected chi connectivity index (χ2v) is 4.67. The van der Waals surface area contributed by atoms with Gasteiger partial charge in [0, 0.05) is 18.8 Å². The van der Waals surface area contributed by atoms with E-state index >= 15 is 0 Å². The molecule has 0 aliphatic carbocycles. The third kappa shape index (κ3) is 8.08. The number of aliphatic hydroxyl groups is 1. The van der Waals surface area contributed by atoms with Gasteiger partial charge in [-0.3, -0.25) is 0 Å². The molecule has 16 heavy (non-hydrogen) atoms. The molecule has 0 aromatic heterocycles. The Morgan fingerprint density at radius 3 is 2.38 bits per heavy atom. The Morgan fingerprint density at radius 1 is 1.12 bits per heavy atom. The molecule has 1 atom stereocenters. The molecule has 2 N–H and O–H groups in total. The van der Waals surface area contributed by atoms with Crippen LogP contribution in [0.1, 0.15) is 52.9 Å². The molecule has 0 aliphatic rings. The molecule has 0 saturated heterocycles. The van der Waals surface area contributed by atoms with Crippen molar-refractivity contribution < 1.29 is 9.84 Å². The molecule has 0 fully saturated rings. The zero-order valence-electron chi connectivity index (χ0n) is 11.2. The molecule has 1 unspecified atom stereocenters. The summed E-state index contributed by atoms with van der Waals surface area (Å²) in [5.74, 6) is 0. The van der Waals surface area contributed by atoms with Crippen molar-refractivity contribution in [3.63, 3.8) is 0 Å². The summed E-state index contributed by atoms with van der Waals surface area (Å²) in [6.07, 6.45) is 5.56. The first kappa shape index (κ1) is 15.9. The van der Waals surface area contributed by atoms with Crippen molar-refractivity contribution in [3.8, 4) is 0 Å². The minimum absolute atomic E-state index is 0.113. The van der Waals surface area contributed by atoms with Crippen LogP contribution in [0.25, 0.3) is 0 Å². The van der Waals surface area contributed by atoms with Gasteiger partial charge >= 0.3 is 0 Å². The molecule has 0 amide bonds. The summed E-state index contributed by atoms with van der Waals surface area (Å²) in [6.45, 7) is 9.18. The minimum atomic E-state index is -0.113. The van der Waals surface area contributed by atoms with Crippen molar-refractivity contribution in [2.24, 2.45) is 0 Å². The third-order valence-electron chi connectivity index (χ3n) is 2.86. The van der Waals surface area contributed by atoms with E-state index in [0.717, 1.165) is 45.4 Å². The first-order valence-corrected chi connectivity index (χ1v) is 6.62. The van der Waals surface area contributed by atoms with Crippen LogP contribution in [-0.4, -0.2) is 37.0 Å². The Balaban J connectivity index is 3.41. The van der Waals surface area contributed by atoms with Crippen LogP contribution in [0, 0.1) is 0 Å². The largest absolute Gasteiger partial charge is 0.394 e. The molecule has 3 heteroatoms. The standard InChI is InChI=1S/C13H29NO2/c1-4-6-10-16-11-8-7-9-13(3,12-15)14-5-2/h14-15H,4-12H2,1-3H3. The predicted octanol–water partition coefficient (Wildman–Crippen LogP) is 2.33. The van der Waals surface area contributed by atoms with Crippen molar-refractivity contribution in [3.05, 3.63) is 0 Å². The predicted molar refractivity (Wildman–Crippen MR) is 68.7 cm³/mol. The molecule has 0 aliphatic heterocycles. The van der Waals surface area contributed by atoms with E-state index in [1.807, 2.05) is 0 Å². The van der Waals surface area contributed by atoms with E-state index in [1.54, 1.807) is 0 Å². The molecule has 0 aromatic carbocycles. The van der Waals surface area contributed by atoms with Crippen molar-refractivity contribution in [2.45, 2.75) is 58.4 Å². The maximum atomic E-state index is 9.30. The van der Waals surface area contributed by atoms with Crippen LogP contribution < -0.4 is 5.32 Å². The lowest BCUT2D eigenvalue weighted by molar-refractivity contribution is 0.120. The van der Waals surface area contributed by atoms with Crippen molar-refractivity contribution in [1.82, 2.24) is 5.32 Å². The fourth-order valence-corrected chi connectivity index (χ4v) is 1.72. The summed E-state index contributed by atoms with van der Waals surface area (Å²) in [6, 6.07) is 0. The Morgan fingerprint density at radius 2 is 1.81 bits per heavy atom. The van der Waals surface area contributed by atoms with Crippen molar-refractivity contribution >= 4 is 0 Å². The number of ether oxygens (including phenoxy) is 1. The molecule has 3 nitrogen and oxygen atoms in total. The number of hydrogen-bond acceptors (Lipinski definition) is 3. The molecule has 98 valence electrons. The zero-order chi connectivity index (χ0) is 12.3. The number of aliphatic hydroxyl groups excluding tert-OH is 1. The molecule has 0 radical (unpaired) electrons. The van der Waals surface area contributed by atoms with Gasteiger partial charge in [0.05, 0.1) is 6.61 Å². The highest BCUT2D eigenvalue weighted by atomic mass is 16.5. The topological polar surface area (TPSA) is 41.5 Å². The first-order chi connectivity index (χ1) is 7.68. The molecular weight excluding hydrogens is 202 g/mol. The molecule has 0 aromatic rings. The van der Waals surface area contributed by atoms with Gasteiger partial charge in [0.1, 0.15) is 0 Å². The average molecular weight is 231 g/mol. The van der Waals surface area contributed by atoms with Crippen LogP contribution >= 0.6 is 0 Å². The molecule has 0 rings (SSSR count). The van der Waals surface area contributed by atoms with Gasteiger partial charge in [-0.1, -0.05) is 20.3 Å². The molecule has 0 heterocycles. The Hall–Kier alpha value is -0.120. The third-order valence-corrected chi connectivity index (χ3v) is 2.86. The Kier molecular flexibility index (Phi) is 9.99. The summed E-state index contributed by atoms with van der Waals surface area (Å²) < 4.78 is 5.50. The lowest BCUT2D eigenvalue weighted by Crippen LogP contribution is -2.45. The lowest BCUT2D eigenvalue weighted by atomic mass is 9.96. The fourth-order valence-electron chi connectivity index (χ4n) is 1.72. The van der Waals surface area contributed by atoms with Crippen LogP contribution in [0.3, 0.4) is 0 Å². The molecule has 0 spiro atoms. The zero-order valence-corrected chi connectivity index (χ0v) is 11.2. The van der Waals surface area contributed by atoms with Gasteiger partial charge in [-0.15, -0.1) is 0 Å². The monoisotopic (exact) mass is 231 g/mol. The summed E-state index contributed by atoms with van der Waals surface area (Å²) in [5.41, 5.74) is -0.113. The van der Waals surface area contributed by atoms with Gasteiger partial charge in [0.2, 0.25) is 0 Å². The summed E-state index contributed by atoms with van der Waals surface area (Å²) >= 11 is 0. The van der Waals surface area contributed by atoms with Crippen LogP contribution in [-0.2, 0) is 4.74 Å². The molecule has 0 bridgehead atoms. The summed E-state index contributed by atoms with van der Waals surface area (Å²) in [4.78, 5) is 0. The highest BCUT2D eigenvalue weighted by molar-refractivity contribution is 4.81. The van der Waals surface area contributed by atoms with Gasteiger partial charge in [-0.2, -0.15) is 0 Å². The Labute approximate surface area is 101 Å². The van der Waals surface area contributed by atoms with E-state index in [2.05, 4.69) is 26.1 Å². The summed E-state index contributed by atoms with van der Waals surface area (Å²) in [7, 11) is 0. The van der Waals surface area contributed by atoms with E-state index in [9.17, 15) is 5.11 Å². The average Bonchev–Trinajstić information content (AvgIpc) is 2.28. The highest BCUT2D eigenvalue weighted by Crippen LogP contribution is 2.13. The lowest BCUT2D eigenvalue weighted by Gasteiger charge is -2.28. The maximum absolute atomic E-state index is 9.30. The van der Waals surface area contributed by atoms with E-state index < -0.39 is 0 Å². The van der Waals surface area contributed by atoms with Gasteiger partial charge < -0.3 is 15.2 Å². The number of nitrogens with one attached hydrogen (secondary N) is 1. The SMILES string of the molecule is CCCCOCCCCC(C)(CO)NCC. The van der Waals surface area contributed by atoms with Crippen LogP contribution in [0.2, 0.25) is 0 Å². The van der Waals surface area contributed by atoms with E-state index in [1.165, 1.54) is 6.42 Å². The Bertz CT molecular complexity index is 153. The number of rotatable bonds is 11. The van der Waals surface area contributed by atoms with Gasteiger partial charge in [-0.25, -0.2) is 0 Å². The number of hydrogen-bond donors (Lipinski definition) is 2. The molecular formula is C13H29NO2. The smallest absolute Gasteiger partial charge is 0.0610 e. The van der Waals surface area contributed by atoms with Gasteiger partial charge in [0.25, 0.3) is 0 Å². The number of likely N-dealkylation sites (N-methyl/N-ethyl adjacent to an activating group) is 1. The minimum Gasteiger partial charge on any atom is -0.394 e. The second-order valence-electron chi connectivity index (χ2n) is 4.67. The van der Waals surface area contributed by atoms with Crippen LogP contribution in [0.5, 0.6) is 0 Å². The summed E-state index contributed by atoms with van der Waals surface area (Å²) in [5, 5.41) is 12.6. The van der Waals surface area contributed by atoms with Crippen molar-refractivity contribution in [1.29, 1.82) is 0 Å². The highest BCUT2D eigenvalue weighted by Gasteiger charge is 2.20. The second kappa shape index (κ2) is 10.1. The van der Waals surface area contributed by atoms with Gasteiger partial charge in [-0.05, 0) is 39.2 Å². The van der Waals surface area contributed by atoms with E-state index in [0.29, 0.717) is 0 Å². The van der Waals surface area contributed by atoms with Gasteiger partial charge in [0.15, 0.2) is 0 Å². The van der Waals surface area contributed by atoms with Crippen molar-refractivity contribution in [2.75, 3.05) is 26.4 Å². The quantitative estimate of drug-likeness (QED) is 0.536. The van der Waals surface area contributed by atoms with E-state index in [-0.39, 0.29) is 12.1 Å².